The Bertz CT molecular complexity index is 538. The number of carbonyl (C=O) groups is 1. The van der Waals surface area contributed by atoms with Crippen LogP contribution in [0.4, 0.5) is 5.69 Å². The molecule has 0 aliphatic carbocycles. The van der Waals surface area contributed by atoms with Crippen molar-refractivity contribution in [3.63, 3.8) is 0 Å². The fourth-order valence-corrected chi connectivity index (χ4v) is 3.46. The molecule has 0 saturated carbocycles. The SMILES string of the molecule is CNC(=O)CCSc1nc2ccc(N)cc2s1. The lowest BCUT2D eigenvalue weighted by Crippen LogP contribution is -2.17. The zero-order chi connectivity index (χ0) is 12.3. The van der Waals surface area contributed by atoms with Crippen molar-refractivity contribution in [1.82, 2.24) is 10.3 Å². The van der Waals surface area contributed by atoms with Gasteiger partial charge >= 0.3 is 0 Å². The van der Waals surface area contributed by atoms with Crippen molar-refractivity contribution >= 4 is 44.9 Å². The molecule has 0 aliphatic heterocycles. The number of hydrogen-bond donors (Lipinski definition) is 2. The van der Waals surface area contributed by atoms with Gasteiger partial charge in [0, 0.05) is 24.9 Å². The average molecular weight is 267 g/mol. The van der Waals surface area contributed by atoms with Crippen molar-refractivity contribution in [2.75, 3.05) is 18.5 Å². The highest BCUT2D eigenvalue weighted by atomic mass is 32.2. The van der Waals surface area contributed by atoms with E-state index in [9.17, 15) is 4.79 Å². The summed E-state index contributed by atoms with van der Waals surface area (Å²) in [6.45, 7) is 0. The molecule has 0 spiro atoms. The van der Waals surface area contributed by atoms with Gasteiger partial charge in [0.2, 0.25) is 5.91 Å². The summed E-state index contributed by atoms with van der Waals surface area (Å²) in [5.74, 6) is 0.803. The van der Waals surface area contributed by atoms with Crippen LogP contribution in [0.3, 0.4) is 0 Å². The maximum absolute atomic E-state index is 11.1. The number of hydrogen-bond acceptors (Lipinski definition) is 5. The first-order valence-electron chi connectivity index (χ1n) is 5.18. The van der Waals surface area contributed by atoms with Crippen molar-refractivity contribution < 1.29 is 4.79 Å². The molecular formula is C11H13N3OS2. The number of fused-ring (bicyclic) bond motifs is 1. The number of rotatable bonds is 4. The standard InChI is InChI=1S/C11H13N3OS2/c1-13-10(15)4-5-16-11-14-8-3-2-7(12)6-9(8)17-11/h2-3,6H,4-5,12H2,1H3,(H,13,15). The molecule has 17 heavy (non-hydrogen) atoms. The number of thioether (sulfide) groups is 1. The van der Waals surface area contributed by atoms with Crippen LogP contribution >= 0.6 is 23.1 Å². The number of carbonyl (C=O) groups excluding carboxylic acids is 1. The Morgan fingerprint density at radius 2 is 2.41 bits per heavy atom. The van der Waals surface area contributed by atoms with Gasteiger partial charge in [-0.1, -0.05) is 11.8 Å². The van der Waals surface area contributed by atoms with Crippen LogP contribution in [0, 0.1) is 0 Å². The van der Waals surface area contributed by atoms with E-state index in [4.69, 9.17) is 5.73 Å². The Kier molecular flexibility index (Phi) is 3.86. The molecule has 0 fully saturated rings. The number of aromatic nitrogens is 1. The fraction of sp³-hybridized carbons (Fsp3) is 0.273. The molecular weight excluding hydrogens is 254 g/mol. The van der Waals surface area contributed by atoms with Gasteiger partial charge < -0.3 is 11.1 Å². The number of nitrogen functional groups attached to an aromatic ring is 1. The van der Waals surface area contributed by atoms with E-state index in [1.165, 1.54) is 0 Å². The van der Waals surface area contributed by atoms with Gasteiger partial charge in [-0.15, -0.1) is 11.3 Å². The summed E-state index contributed by atoms with van der Waals surface area (Å²) < 4.78 is 2.07. The normalized spacial score (nSPS) is 10.6. The van der Waals surface area contributed by atoms with Crippen molar-refractivity contribution in [3.8, 4) is 0 Å². The topological polar surface area (TPSA) is 68.0 Å². The van der Waals surface area contributed by atoms with E-state index in [0.29, 0.717) is 6.42 Å². The first-order valence-corrected chi connectivity index (χ1v) is 6.98. The minimum absolute atomic E-state index is 0.0582. The van der Waals surface area contributed by atoms with Gasteiger partial charge in [0.15, 0.2) is 4.34 Å². The van der Waals surface area contributed by atoms with E-state index in [2.05, 4.69) is 10.3 Å². The van der Waals surface area contributed by atoms with E-state index in [-0.39, 0.29) is 5.91 Å². The highest BCUT2D eigenvalue weighted by molar-refractivity contribution is 8.01. The molecule has 2 rings (SSSR count). The molecule has 1 aromatic carbocycles. The molecule has 0 radical (unpaired) electrons. The Morgan fingerprint density at radius 3 is 3.18 bits per heavy atom. The second-order valence-electron chi connectivity index (χ2n) is 3.48. The van der Waals surface area contributed by atoms with E-state index < -0.39 is 0 Å². The van der Waals surface area contributed by atoms with Crippen LogP contribution in [0.1, 0.15) is 6.42 Å². The first kappa shape index (κ1) is 12.2. The molecule has 90 valence electrons. The largest absolute Gasteiger partial charge is 0.399 e. The number of nitrogens with two attached hydrogens (primary N) is 1. The lowest BCUT2D eigenvalue weighted by molar-refractivity contribution is -0.120. The van der Waals surface area contributed by atoms with E-state index >= 15 is 0 Å². The van der Waals surface area contributed by atoms with Crippen LogP contribution in [0.15, 0.2) is 22.5 Å². The van der Waals surface area contributed by atoms with Gasteiger partial charge in [0.05, 0.1) is 10.2 Å². The predicted molar refractivity (Wildman–Crippen MR) is 73.4 cm³/mol. The third-order valence-electron chi connectivity index (χ3n) is 2.23. The van der Waals surface area contributed by atoms with Crippen LogP contribution in [0.5, 0.6) is 0 Å². The van der Waals surface area contributed by atoms with Crippen LogP contribution in [0.25, 0.3) is 10.2 Å². The van der Waals surface area contributed by atoms with Gasteiger partial charge in [-0.2, -0.15) is 0 Å². The predicted octanol–water partition coefficient (Wildman–Crippen LogP) is 2.11. The molecule has 0 atom stereocenters. The molecule has 0 unspecified atom stereocenters. The maximum atomic E-state index is 11.1. The lowest BCUT2D eigenvalue weighted by Gasteiger charge is -1.96. The third kappa shape index (κ3) is 3.10. The quantitative estimate of drug-likeness (QED) is 0.657. The van der Waals surface area contributed by atoms with Crippen LogP contribution < -0.4 is 11.1 Å². The monoisotopic (exact) mass is 267 g/mol. The number of anilines is 1. The van der Waals surface area contributed by atoms with Crippen molar-refractivity contribution in [2.24, 2.45) is 0 Å². The molecule has 0 bridgehead atoms. The van der Waals surface area contributed by atoms with Gasteiger partial charge in [0.1, 0.15) is 0 Å². The molecule has 3 N–H and O–H groups in total. The molecule has 1 heterocycles. The zero-order valence-electron chi connectivity index (χ0n) is 9.40. The summed E-state index contributed by atoms with van der Waals surface area (Å²) in [6.07, 6.45) is 0.513. The summed E-state index contributed by atoms with van der Waals surface area (Å²) in [7, 11) is 1.65. The zero-order valence-corrected chi connectivity index (χ0v) is 11.0. The van der Waals surface area contributed by atoms with E-state index in [1.807, 2.05) is 18.2 Å². The van der Waals surface area contributed by atoms with Gasteiger partial charge in [0.25, 0.3) is 0 Å². The third-order valence-corrected chi connectivity index (χ3v) is 4.39. The van der Waals surface area contributed by atoms with Crippen molar-refractivity contribution in [2.45, 2.75) is 10.8 Å². The smallest absolute Gasteiger partial charge is 0.220 e. The highest BCUT2D eigenvalue weighted by Gasteiger charge is 2.05. The maximum Gasteiger partial charge on any atom is 0.220 e. The Labute approximate surface area is 108 Å². The number of nitrogens with one attached hydrogen (secondary N) is 1. The Balaban J connectivity index is 2.02. The fourth-order valence-electron chi connectivity index (χ4n) is 1.34. The summed E-state index contributed by atoms with van der Waals surface area (Å²) in [5.41, 5.74) is 7.43. The van der Waals surface area contributed by atoms with Crippen molar-refractivity contribution in [1.29, 1.82) is 0 Å². The number of benzene rings is 1. The number of amides is 1. The molecule has 0 saturated heterocycles. The van der Waals surface area contributed by atoms with Gasteiger partial charge in [-0.3, -0.25) is 4.79 Å². The molecule has 0 aliphatic rings. The first-order chi connectivity index (χ1) is 8.19. The lowest BCUT2D eigenvalue weighted by atomic mass is 10.3. The molecule has 4 nitrogen and oxygen atoms in total. The molecule has 1 amide bonds. The second kappa shape index (κ2) is 5.37. The van der Waals surface area contributed by atoms with E-state index in [1.54, 1.807) is 30.1 Å². The number of nitrogens with zero attached hydrogens (tertiary/aromatic N) is 1. The van der Waals surface area contributed by atoms with Crippen LogP contribution in [0.2, 0.25) is 0 Å². The second-order valence-corrected chi connectivity index (χ2v) is 5.85. The minimum Gasteiger partial charge on any atom is -0.399 e. The molecule has 6 heteroatoms. The Hall–Kier alpha value is -1.27. The number of thiazole rings is 1. The van der Waals surface area contributed by atoms with Gasteiger partial charge in [-0.25, -0.2) is 4.98 Å². The summed E-state index contributed by atoms with van der Waals surface area (Å²) in [5, 5.41) is 2.60. The van der Waals surface area contributed by atoms with Crippen LogP contribution in [-0.4, -0.2) is 23.7 Å². The Morgan fingerprint density at radius 1 is 1.59 bits per heavy atom. The van der Waals surface area contributed by atoms with Crippen LogP contribution in [-0.2, 0) is 4.79 Å². The average Bonchev–Trinajstić information content (AvgIpc) is 2.70. The van der Waals surface area contributed by atoms with Gasteiger partial charge in [-0.05, 0) is 18.2 Å². The van der Waals surface area contributed by atoms with Crippen molar-refractivity contribution in [3.05, 3.63) is 18.2 Å². The summed E-state index contributed by atoms with van der Waals surface area (Å²) >= 11 is 3.21. The molecule has 2 aromatic rings. The summed E-state index contributed by atoms with van der Waals surface area (Å²) in [4.78, 5) is 15.5. The van der Waals surface area contributed by atoms with E-state index in [0.717, 1.165) is 26.0 Å². The summed E-state index contributed by atoms with van der Waals surface area (Å²) in [6, 6.07) is 5.70. The molecule has 1 aromatic heterocycles. The minimum atomic E-state index is 0.0582. The highest BCUT2D eigenvalue weighted by Crippen LogP contribution is 2.30.